The summed E-state index contributed by atoms with van der Waals surface area (Å²) in [4.78, 5) is 15.7. The molecule has 1 amide bonds. The first-order valence-electron chi connectivity index (χ1n) is 6.56. The molecular weight excluding hydrogens is 268 g/mol. The molecule has 0 atom stereocenters. The zero-order valence-electron chi connectivity index (χ0n) is 11.3. The number of benzene rings is 1. The molecule has 106 valence electrons. The third-order valence-electron chi connectivity index (χ3n) is 3.04. The lowest BCUT2D eigenvalue weighted by molar-refractivity contribution is -0.116. The molecule has 0 bridgehead atoms. The average molecular weight is 282 g/mol. The molecule has 0 fully saturated rings. The summed E-state index contributed by atoms with van der Waals surface area (Å²) in [5.41, 5.74) is 1.90. The number of rotatable bonds is 4. The van der Waals surface area contributed by atoms with Crippen molar-refractivity contribution in [2.45, 2.75) is 6.54 Å². The van der Waals surface area contributed by atoms with Crippen LogP contribution in [0.2, 0.25) is 0 Å². The number of fused-ring (bicyclic) bond motifs is 1. The zero-order chi connectivity index (χ0) is 14.5. The van der Waals surface area contributed by atoms with Crippen LogP contribution in [0.25, 0.3) is 6.08 Å². The minimum atomic E-state index is -0.149. The normalized spacial score (nSPS) is 12.6. The van der Waals surface area contributed by atoms with Crippen LogP contribution in [0.3, 0.4) is 0 Å². The smallest absolute Gasteiger partial charge is 0.244 e. The van der Waals surface area contributed by atoms with Gasteiger partial charge in [-0.2, -0.15) is 0 Å². The van der Waals surface area contributed by atoms with E-state index in [2.05, 4.69) is 10.3 Å². The van der Waals surface area contributed by atoms with Gasteiger partial charge in [0.1, 0.15) is 0 Å². The molecule has 1 aliphatic heterocycles. The number of ether oxygens (including phenoxy) is 2. The molecule has 0 radical (unpaired) electrons. The fourth-order valence-electron chi connectivity index (χ4n) is 1.95. The van der Waals surface area contributed by atoms with E-state index in [4.69, 9.17) is 9.47 Å². The Morgan fingerprint density at radius 1 is 1.19 bits per heavy atom. The summed E-state index contributed by atoms with van der Waals surface area (Å²) in [7, 11) is 0. The van der Waals surface area contributed by atoms with E-state index in [9.17, 15) is 4.79 Å². The van der Waals surface area contributed by atoms with E-state index >= 15 is 0 Å². The van der Waals surface area contributed by atoms with Gasteiger partial charge < -0.3 is 14.8 Å². The molecular formula is C16H14N2O3. The van der Waals surface area contributed by atoms with Crippen molar-refractivity contribution < 1.29 is 14.3 Å². The van der Waals surface area contributed by atoms with Gasteiger partial charge >= 0.3 is 0 Å². The fraction of sp³-hybridized carbons (Fsp3) is 0.125. The Bertz CT molecular complexity index is 668. The van der Waals surface area contributed by atoms with Crippen LogP contribution < -0.4 is 14.8 Å². The van der Waals surface area contributed by atoms with Crippen molar-refractivity contribution in [3.63, 3.8) is 0 Å². The van der Waals surface area contributed by atoms with E-state index < -0.39 is 0 Å². The Morgan fingerprint density at radius 2 is 2.00 bits per heavy atom. The molecule has 0 saturated carbocycles. The van der Waals surface area contributed by atoms with Crippen molar-refractivity contribution in [2.75, 3.05) is 6.79 Å². The number of carbonyl (C=O) groups excluding carboxylic acids is 1. The monoisotopic (exact) mass is 282 g/mol. The number of nitrogens with one attached hydrogen (secondary N) is 1. The van der Waals surface area contributed by atoms with Gasteiger partial charge in [-0.15, -0.1) is 0 Å². The third-order valence-corrected chi connectivity index (χ3v) is 3.04. The van der Waals surface area contributed by atoms with Crippen molar-refractivity contribution in [3.8, 4) is 11.5 Å². The second-order valence-corrected chi connectivity index (χ2v) is 4.52. The van der Waals surface area contributed by atoms with Crippen LogP contribution in [-0.2, 0) is 11.3 Å². The molecule has 3 rings (SSSR count). The van der Waals surface area contributed by atoms with E-state index in [0.29, 0.717) is 12.3 Å². The van der Waals surface area contributed by atoms with Gasteiger partial charge in [0.05, 0.1) is 0 Å². The summed E-state index contributed by atoms with van der Waals surface area (Å²) >= 11 is 0. The van der Waals surface area contributed by atoms with Gasteiger partial charge in [0.15, 0.2) is 11.5 Å². The topological polar surface area (TPSA) is 60.5 Å². The van der Waals surface area contributed by atoms with Crippen LogP contribution in [-0.4, -0.2) is 17.7 Å². The van der Waals surface area contributed by atoms with E-state index in [1.165, 1.54) is 6.08 Å². The molecule has 21 heavy (non-hydrogen) atoms. The molecule has 1 aromatic heterocycles. The highest BCUT2D eigenvalue weighted by Crippen LogP contribution is 2.32. The summed E-state index contributed by atoms with van der Waals surface area (Å²) in [5.74, 6) is 1.31. The molecule has 0 aliphatic carbocycles. The lowest BCUT2D eigenvalue weighted by atomic mass is 10.2. The number of pyridine rings is 1. The molecule has 5 heteroatoms. The van der Waals surface area contributed by atoms with Gasteiger partial charge in [-0.25, -0.2) is 0 Å². The second-order valence-electron chi connectivity index (χ2n) is 4.52. The molecule has 0 unspecified atom stereocenters. The van der Waals surface area contributed by atoms with Crippen LogP contribution in [0.1, 0.15) is 11.1 Å². The number of hydrogen-bond acceptors (Lipinski definition) is 4. The van der Waals surface area contributed by atoms with Crippen molar-refractivity contribution in [2.24, 2.45) is 0 Å². The Kier molecular flexibility index (Phi) is 3.82. The minimum Gasteiger partial charge on any atom is -0.454 e. The van der Waals surface area contributed by atoms with Gasteiger partial charge in [-0.3, -0.25) is 9.78 Å². The van der Waals surface area contributed by atoms with Crippen molar-refractivity contribution in [3.05, 3.63) is 59.9 Å². The van der Waals surface area contributed by atoms with E-state index in [1.807, 2.05) is 30.3 Å². The Morgan fingerprint density at radius 3 is 2.86 bits per heavy atom. The highest BCUT2D eigenvalue weighted by molar-refractivity contribution is 5.91. The average Bonchev–Trinajstić information content (AvgIpc) is 2.99. The van der Waals surface area contributed by atoms with Crippen molar-refractivity contribution >= 4 is 12.0 Å². The van der Waals surface area contributed by atoms with E-state index in [-0.39, 0.29) is 12.7 Å². The van der Waals surface area contributed by atoms with Gasteiger partial charge in [-0.1, -0.05) is 6.07 Å². The van der Waals surface area contributed by atoms with Gasteiger partial charge in [0.25, 0.3) is 0 Å². The largest absolute Gasteiger partial charge is 0.454 e. The number of aromatic nitrogens is 1. The minimum absolute atomic E-state index is 0.149. The van der Waals surface area contributed by atoms with Crippen LogP contribution in [0, 0.1) is 0 Å². The standard InChI is InChI=1S/C16H14N2O3/c19-16(4-2-12-5-7-17-8-6-12)18-10-13-1-3-14-15(9-13)21-11-20-14/h1-9H,10-11H2,(H,18,19)/b4-2+. The predicted molar refractivity (Wildman–Crippen MR) is 77.7 cm³/mol. The second kappa shape index (κ2) is 6.09. The maximum atomic E-state index is 11.8. The van der Waals surface area contributed by atoms with Crippen LogP contribution in [0.15, 0.2) is 48.8 Å². The first-order chi connectivity index (χ1) is 10.3. The van der Waals surface area contributed by atoms with Gasteiger partial charge in [0, 0.05) is 25.0 Å². The molecule has 0 spiro atoms. The molecule has 1 N–H and O–H groups in total. The predicted octanol–water partition coefficient (Wildman–Crippen LogP) is 2.14. The molecule has 2 aromatic rings. The SMILES string of the molecule is O=C(/C=C/c1ccncc1)NCc1ccc2c(c1)OCO2. The highest BCUT2D eigenvalue weighted by Gasteiger charge is 2.12. The summed E-state index contributed by atoms with van der Waals surface area (Å²) in [6.07, 6.45) is 6.62. The van der Waals surface area contributed by atoms with Crippen LogP contribution in [0.4, 0.5) is 0 Å². The van der Waals surface area contributed by atoms with Gasteiger partial charge in [-0.05, 0) is 41.5 Å². The summed E-state index contributed by atoms with van der Waals surface area (Å²) < 4.78 is 10.5. The van der Waals surface area contributed by atoms with E-state index in [1.54, 1.807) is 18.5 Å². The first-order valence-corrected chi connectivity index (χ1v) is 6.56. The first kappa shape index (κ1) is 13.2. The van der Waals surface area contributed by atoms with E-state index in [0.717, 1.165) is 16.9 Å². The van der Waals surface area contributed by atoms with Gasteiger partial charge in [0.2, 0.25) is 12.7 Å². The number of carbonyl (C=O) groups is 1. The number of amides is 1. The molecule has 0 saturated heterocycles. The quantitative estimate of drug-likeness (QED) is 0.873. The molecule has 5 nitrogen and oxygen atoms in total. The Hall–Kier alpha value is -2.82. The summed E-state index contributed by atoms with van der Waals surface area (Å²) in [6, 6.07) is 9.29. The highest BCUT2D eigenvalue weighted by atomic mass is 16.7. The maximum absolute atomic E-state index is 11.8. The summed E-state index contributed by atoms with van der Waals surface area (Å²) in [6.45, 7) is 0.690. The fourth-order valence-corrected chi connectivity index (χ4v) is 1.95. The molecule has 2 heterocycles. The number of nitrogens with zero attached hydrogens (tertiary/aromatic N) is 1. The lowest BCUT2D eigenvalue weighted by Gasteiger charge is -2.04. The van der Waals surface area contributed by atoms with Crippen LogP contribution in [0.5, 0.6) is 11.5 Å². The Labute approximate surface area is 122 Å². The third kappa shape index (κ3) is 3.39. The van der Waals surface area contributed by atoms with Crippen LogP contribution >= 0.6 is 0 Å². The molecule has 1 aromatic carbocycles. The molecule has 1 aliphatic rings. The zero-order valence-corrected chi connectivity index (χ0v) is 11.3. The Balaban J connectivity index is 1.55. The van der Waals surface area contributed by atoms with Crippen molar-refractivity contribution in [1.82, 2.24) is 10.3 Å². The van der Waals surface area contributed by atoms with Crippen molar-refractivity contribution in [1.29, 1.82) is 0 Å². The lowest BCUT2D eigenvalue weighted by Crippen LogP contribution is -2.20. The number of hydrogen-bond donors (Lipinski definition) is 1. The summed E-state index contributed by atoms with van der Waals surface area (Å²) in [5, 5.41) is 2.82. The maximum Gasteiger partial charge on any atom is 0.244 e.